The highest BCUT2D eigenvalue weighted by Crippen LogP contribution is 2.21. The Morgan fingerprint density at radius 1 is 1.41 bits per heavy atom. The van der Waals surface area contributed by atoms with Gasteiger partial charge in [-0.05, 0) is 18.2 Å². The van der Waals surface area contributed by atoms with Crippen LogP contribution < -0.4 is 0 Å². The van der Waals surface area contributed by atoms with E-state index in [1.165, 1.54) is 12.1 Å². The number of nitro benzene ring substituents is 1. The quantitative estimate of drug-likeness (QED) is 0.642. The summed E-state index contributed by atoms with van der Waals surface area (Å²) in [4.78, 5) is 10.0. The summed E-state index contributed by atoms with van der Waals surface area (Å²) in [5.41, 5.74) is 2.21. The zero-order valence-electron chi connectivity index (χ0n) is 8.75. The molecule has 1 N–H and O–H groups in total. The van der Waals surface area contributed by atoms with Gasteiger partial charge in [0.1, 0.15) is 0 Å². The first-order chi connectivity index (χ1) is 8.20. The third-order valence-corrected chi connectivity index (χ3v) is 2.27. The second-order valence-corrected chi connectivity index (χ2v) is 3.42. The Bertz CT molecular complexity index is 580. The van der Waals surface area contributed by atoms with Crippen molar-refractivity contribution in [3.05, 3.63) is 46.1 Å². The molecule has 0 amide bonds. The Labute approximate surface area is 96.7 Å². The van der Waals surface area contributed by atoms with E-state index < -0.39 is 4.92 Å². The Balaban J connectivity index is 2.27. The molecule has 6 heteroatoms. The summed E-state index contributed by atoms with van der Waals surface area (Å²) in [5, 5.41) is 25.8. The van der Waals surface area contributed by atoms with Gasteiger partial charge in [-0.2, -0.15) is 10.4 Å². The van der Waals surface area contributed by atoms with Gasteiger partial charge in [-0.15, -0.1) is 0 Å². The fourth-order valence-electron chi connectivity index (χ4n) is 1.44. The molecule has 1 heterocycles. The second kappa shape index (κ2) is 4.45. The number of H-pyrrole nitrogens is 1. The average molecular weight is 228 g/mol. The summed E-state index contributed by atoms with van der Waals surface area (Å²) < 4.78 is 0. The van der Waals surface area contributed by atoms with Crippen LogP contribution in [0.15, 0.2) is 30.3 Å². The van der Waals surface area contributed by atoms with Crippen molar-refractivity contribution in [2.24, 2.45) is 0 Å². The largest absolute Gasteiger partial charge is 0.281 e. The van der Waals surface area contributed by atoms with Crippen molar-refractivity contribution < 1.29 is 4.92 Å². The lowest BCUT2D eigenvalue weighted by Crippen LogP contribution is -1.87. The van der Waals surface area contributed by atoms with Gasteiger partial charge in [-0.1, -0.05) is 0 Å². The zero-order chi connectivity index (χ0) is 12.3. The van der Waals surface area contributed by atoms with Crippen molar-refractivity contribution >= 4 is 5.69 Å². The van der Waals surface area contributed by atoms with Gasteiger partial charge in [-0.25, -0.2) is 0 Å². The third-order valence-electron chi connectivity index (χ3n) is 2.27. The van der Waals surface area contributed by atoms with Gasteiger partial charge in [0.15, 0.2) is 0 Å². The second-order valence-electron chi connectivity index (χ2n) is 3.42. The summed E-state index contributed by atoms with van der Waals surface area (Å²) in [6, 6.07) is 9.87. The molecule has 0 radical (unpaired) electrons. The zero-order valence-corrected chi connectivity index (χ0v) is 8.75. The lowest BCUT2D eigenvalue weighted by Gasteiger charge is -1.95. The van der Waals surface area contributed by atoms with Gasteiger partial charge in [-0.3, -0.25) is 15.2 Å². The molecule has 0 bridgehead atoms. The molecule has 0 spiro atoms. The number of rotatable bonds is 3. The van der Waals surface area contributed by atoms with Crippen LogP contribution in [0.1, 0.15) is 5.69 Å². The van der Waals surface area contributed by atoms with E-state index in [2.05, 4.69) is 10.2 Å². The van der Waals surface area contributed by atoms with Crippen LogP contribution in [-0.2, 0) is 6.42 Å². The molecule has 84 valence electrons. The standard InChI is InChI=1S/C11H8N4O2/c12-6-5-9-7-11(14-13-9)8-1-3-10(4-2-8)15(16)17/h1-4,7H,5H2,(H,13,14). The number of aromatic amines is 1. The highest BCUT2D eigenvalue weighted by Gasteiger charge is 2.07. The van der Waals surface area contributed by atoms with Crippen LogP contribution in [0, 0.1) is 21.4 Å². The molecule has 17 heavy (non-hydrogen) atoms. The lowest BCUT2D eigenvalue weighted by atomic mass is 10.1. The summed E-state index contributed by atoms with van der Waals surface area (Å²) in [6.07, 6.45) is 0.264. The van der Waals surface area contributed by atoms with E-state index in [0.717, 1.165) is 11.3 Å². The third kappa shape index (κ3) is 2.29. The monoisotopic (exact) mass is 228 g/mol. The Morgan fingerprint density at radius 3 is 2.71 bits per heavy atom. The van der Waals surface area contributed by atoms with E-state index in [1.54, 1.807) is 18.2 Å². The van der Waals surface area contributed by atoms with Crippen molar-refractivity contribution in [2.45, 2.75) is 6.42 Å². The van der Waals surface area contributed by atoms with E-state index in [9.17, 15) is 10.1 Å². The summed E-state index contributed by atoms with van der Waals surface area (Å²) >= 11 is 0. The Kier molecular flexibility index (Phi) is 2.83. The number of hydrogen-bond donors (Lipinski definition) is 1. The Hall–Kier alpha value is -2.68. The van der Waals surface area contributed by atoms with Crippen molar-refractivity contribution in [2.75, 3.05) is 0 Å². The number of nitrogens with one attached hydrogen (secondary N) is 1. The molecule has 2 rings (SSSR count). The number of hydrogen-bond acceptors (Lipinski definition) is 4. The van der Waals surface area contributed by atoms with Crippen LogP contribution in [0.3, 0.4) is 0 Å². The smallest absolute Gasteiger partial charge is 0.269 e. The van der Waals surface area contributed by atoms with Crippen LogP contribution in [0.5, 0.6) is 0 Å². The number of benzene rings is 1. The van der Waals surface area contributed by atoms with Gasteiger partial charge in [0, 0.05) is 23.4 Å². The van der Waals surface area contributed by atoms with E-state index in [4.69, 9.17) is 5.26 Å². The molecule has 0 atom stereocenters. The first-order valence-electron chi connectivity index (χ1n) is 4.87. The minimum absolute atomic E-state index is 0.0431. The van der Waals surface area contributed by atoms with Crippen molar-refractivity contribution in [3.63, 3.8) is 0 Å². The van der Waals surface area contributed by atoms with Crippen LogP contribution in [0.25, 0.3) is 11.3 Å². The SMILES string of the molecule is N#CCc1cc(-c2ccc([N+](=O)[O-])cc2)n[nH]1. The maximum atomic E-state index is 10.5. The van der Waals surface area contributed by atoms with E-state index >= 15 is 0 Å². The van der Waals surface area contributed by atoms with Gasteiger partial charge >= 0.3 is 0 Å². The summed E-state index contributed by atoms with van der Waals surface area (Å²) in [7, 11) is 0. The van der Waals surface area contributed by atoms with Crippen LogP contribution in [0.4, 0.5) is 5.69 Å². The van der Waals surface area contributed by atoms with Crippen molar-refractivity contribution in [1.82, 2.24) is 10.2 Å². The topological polar surface area (TPSA) is 95.6 Å². The van der Waals surface area contributed by atoms with Gasteiger partial charge in [0.2, 0.25) is 0 Å². The molecule has 0 unspecified atom stereocenters. The highest BCUT2D eigenvalue weighted by molar-refractivity contribution is 5.61. The minimum atomic E-state index is -0.449. The fraction of sp³-hybridized carbons (Fsp3) is 0.0909. The fourth-order valence-corrected chi connectivity index (χ4v) is 1.44. The first-order valence-corrected chi connectivity index (χ1v) is 4.87. The van der Waals surface area contributed by atoms with E-state index in [1.807, 2.05) is 6.07 Å². The molecule has 2 aromatic rings. The average Bonchev–Trinajstić information content (AvgIpc) is 2.78. The molecular formula is C11H8N4O2. The Morgan fingerprint density at radius 2 is 2.12 bits per heavy atom. The predicted molar refractivity (Wildman–Crippen MR) is 60.0 cm³/mol. The molecular weight excluding hydrogens is 220 g/mol. The molecule has 1 aromatic heterocycles. The summed E-state index contributed by atoms with van der Waals surface area (Å²) in [5.74, 6) is 0. The number of aromatic nitrogens is 2. The van der Waals surface area contributed by atoms with E-state index in [0.29, 0.717) is 5.69 Å². The number of nitrogens with zero attached hydrogens (tertiary/aromatic N) is 3. The number of non-ortho nitro benzene ring substituents is 1. The molecule has 0 fully saturated rings. The normalized spacial score (nSPS) is 9.82. The van der Waals surface area contributed by atoms with Gasteiger partial charge in [0.05, 0.1) is 23.1 Å². The summed E-state index contributed by atoms with van der Waals surface area (Å²) in [6.45, 7) is 0. The minimum Gasteiger partial charge on any atom is -0.281 e. The molecule has 0 aliphatic rings. The molecule has 0 saturated carbocycles. The van der Waals surface area contributed by atoms with E-state index in [-0.39, 0.29) is 12.1 Å². The van der Waals surface area contributed by atoms with Crippen LogP contribution >= 0.6 is 0 Å². The maximum absolute atomic E-state index is 10.5. The van der Waals surface area contributed by atoms with Gasteiger partial charge < -0.3 is 0 Å². The van der Waals surface area contributed by atoms with Crippen LogP contribution in [0.2, 0.25) is 0 Å². The van der Waals surface area contributed by atoms with Gasteiger partial charge in [0.25, 0.3) is 5.69 Å². The van der Waals surface area contributed by atoms with Crippen molar-refractivity contribution in [3.8, 4) is 17.3 Å². The lowest BCUT2D eigenvalue weighted by molar-refractivity contribution is -0.384. The molecule has 1 aromatic carbocycles. The maximum Gasteiger partial charge on any atom is 0.269 e. The van der Waals surface area contributed by atoms with Crippen LogP contribution in [-0.4, -0.2) is 15.1 Å². The molecule has 0 saturated heterocycles. The predicted octanol–water partition coefficient (Wildman–Crippen LogP) is 2.05. The number of nitro groups is 1. The highest BCUT2D eigenvalue weighted by atomic mass is 16.6. The molecule has 0 aliphatic carbocycles. The van der Waals surface area contributed by atoms with Crippen molar-refractivity contribution in [1.29, 1.82) is 5.26 Å². The number of nitriles is 1. The molecule has 6 nitrogen and oxygen atoms in total. The first kappa shape index (κ1) is 10.8. The molecule has 0 aliphatic heterocycles.